The molecule has 0 atom stereocenters. The Morgan fingerprint density at radius 2 is 1.79 bits per heavy atom. The van der Waals surface area contributed by atoms with Crippen LogP contribution in [0.4, 0.5) is 4.39 Å². The van der Waals surface area contributed by atoms with Gasteiger partial charge >= 0.3 is 0 Å². The van der Waals surface area contributed by atoms with Crippen molar-refractivity contribution in [3.05, 3.63) is 30.1 Å². The van der Waals surface area contributed by atoms with E-state index in [4.69, 9.17) is 5.73 Å². The number of benzene rings is 1. The van der Waals surface area contributed by atoms with Crippen LogP contribution in [-0.4, -0.2) is 31.9 Å². The monoisotopic (exact) mass is 286 g/mol. The van der Waals surface area contributed by atoms with Gasteiger partial charge in [0.1, 0.15) is 10.7 Å². The summed E-state index contributed by atoms with van der Waals surface area (Å²) >= 11 is 0. The van der Waals surface area contributed by atoms with Crippen LogP contribution < -0.4 is 5.73 Å². The van der Waals surface area contributed by atoms with Gasteiger partial charge in [0.25, 0.3) is 0 Å². The predicted molar refractivity (Wildman–Crippen MR) is 71.6 cm³/mol. The number of sulfonamides is 1. The molecule has 0 aromatic heterocycles. The molecule has 1 aliphatic rings. The van der Waals surface area contributed by atoms with Crippen molar-refractivity contribution in [2.24, 2.45) is 5.73 Å². The zero-order valence-corrected chi connectivity index (χ0v) is 11.7. The van der Waals surface area contributed by atoms with Crippen molar-refractivity contribution in [2.45, 2.75) is 42.7 Å². The topological polar surface area (TPSA) is 63.4 Å². The first kappa shape index (κ1) is 14.4. The van der Waals surface area contributed by atoms with Crippen LogP contribution >= 0.6 is 0 Å². The predicted octanol–water partition coefficient (Wildman–Crippen LogP) is 1.72. The van der Waals surface area contributed by atoms with E-state index >= 15 is 0 Å². The Labute approximate surface area is 113 Å². The van der Waals surface area contributed by atoms with Gasteiger partial charge in [0.2, 0.25) is 10.0 Å². The lowest BCUT2D eigenvalue weighted by Gasteiger charge is -2.32. The van der Waals surface area contributed by atoms with Crippen molar-refractivity contribution in [3.8, 4) is 0 Å². The van der Waals surface area contributed by atoms with Gasteiger partial charge in [-0.05, 0) is 37.8 Å². The van der Waals surface area contributed by atoms with E-state index in [0.29, 0.717) is 0 Å². The minimum absolute atomic E-state index is 0.0931. The summed E-state index contributed by atoms with van der Waals surface area (Å²) in [5.74, 6) is -0.707. The fourth-order valence-corrected chi connectivity index (χ4v) is 3.95. The van der Waals surface area contributed by atoms with Crippen LogP contribution in [0.15, 0.2) is 29.2 Å². The molecule has 0 saturated heterocycles. The van der Waals surface area contributed by atoms with Crippen molar-refractivity contribution in [1.82, 2.24) is 4.31 Å². The summed E-state index contributed by atoms with van der Waals surface area (Å²) < 4.78 is 39.7. The maximum absolute atomic E-state index is 13.6. The van der Waals surface area contributed by atoms with Crippen LogP contribution in [0.5, 0.6) is 0 Å². The summed E-state index contributed by atoms with van der Waals surface area (Å²) in [7, 11) is -2.25. The molecule has 19 heavy (non-hydrogen) atoms. The van der Waals surface area contributed by atoms with Gasteiger partial charge < -0.3 is 5.73 Å². The van der Waals surface area contributed by atoms with Crippen LogP contribution in [-0.2, 0) is 10.0 Å². The largest absolute Gasteiger partial charge is 0.328 e. The third kappa shape index (κ3) is 2.96. The summed E-state index contributed by atoms with van der Waals surface area (Å²) in [4.78, 5) is -0.257. The lowest BCUT2D eigenvalue weighted by Crippen LogP contribution is -2.42. The lowest BCUT2D eigenvalue weighted by molar-refractivity contribution is 0.268. The highest BCUT2D eigenvalue weighted by Gasteiger charge is 2.32. The Morgan fingerprint density at radius 3 is 2.37 bits per heavy atom. The summed E-state index contributed by atoms with van der Waals surface area (Å²) in [6.07, 6.45) is 3.07. The number of nitrogens with zero attached hydrogens (tertiary/aromatic N) is 1. The number of halogens is 1. The third-order valence-electron chi connectivity index (χ3n) is 3.75. The Hall–Kier alpha value is -0.980. The van der Waals surface area contributed by atoms with Gasteiger partial charge in [-0.3, -0.25) is 0 Å². The third-order valence-corrected chi connectivity index (χ3v) is 5.69. The van der Waals surface area contributed by atoms with Crippen molar-refractivity contribution in [3.63, 3.8) is 0 Å². The van der Waals surface area contributed by atoms with Crippen LogP contribution in [0.25, 0.3) is 0 Å². The normalized spacial score (nSPS) is 24.6. The second-order valence-corrected chi connectivity index (χ2v) is 6.99. The zero-order chi connectivity index (χ0) is 14.0. The highest BCUT2D eigenvalue weighted by molar-refractivity contribution is 7.89. The van der Waals surface area contributed by atoms with Crippen molar-refractivity contribution in [1.29, 1.82) is 0 Å². The molecule has 1 aromatic rings. The molecule has 106 valence electrons. The molecule has 1 fully saturated rings. The molecule has 4 nitrogen and oxygen atoms in total. The molecule has 0 aliphatic heterocycles. The van der Waals surface area contributed by atoms with Gasteiger partial charge in [-0.2, -0.15) is 4.31 Å². The average molecular weight is 286 g/mol. The van der Waals surface area contributed by atoms with Crippen molar-refractivity contribution >= 4 is 10.0 Å². The molecule has 1 aromatic carbocycles. The Kier molecular flexibility index (Phi) is 4.23. The summed E-state index contributed by atoms with van der Waals surface area (Å²) in [5.41, 5.74) is 5.81. The Bertz CT molecular complexity index is 539. The minimum atomic E-state index is -3.77. The average Bonchev–Trinajstić information content (AvgIpc) is 2.39. The van der Waals surface area contributed by atoms with Crippen LogP contribution in [0.1, 0.15) is 25.7 Å². The molecule has 1 saturated carbocycles. The van der Waals surface area contributed by atoms with E-state index in [1.807, 2.05) is 0 Å². The second kappa shape index (κ2) is 5.56. The molecule has 0 spiro atoms. The van der Waals surface area contributed by atoms with Gasteiger partial charge in [-0.15, -0.1) is 0 Å². The smallest absolute Gasteiger partial charge is 0.245 e. The van der Waals surface area contributed by atoms with E-state index in [9.17, 15) is 12.8 Å². The summed E-state index contributed by atoms with van der Waals surface area (Å²) in [6, 6.07) is 5.53. The van der Waals surface area contributed by atoms with Crippen molar-refractivity contribution in [2.75, 3.05) is 7.05 Å². The molecular formula is C13H19FN2O2S. The molecule has 0 unspecified atom stereocenters. The van der Waals surface area contributed by atoms with Crippen LogP contribution in [0.2, 0.25) is 0 Å². The van der Waals surface area contributed by atoms with E-state index in [1.54, 1.807) is 0 Å². The van der Waals surface area contributed by atoms with E-state index in [2.05, 4.69) is 0 Å². The van der Waals surface area contributed by atoms with Gasteiger partial charge in [-0.25, -0.2) is 12.8 Å². The van der Waals surface area contributed by atoms with Crippen molar-refractivity contribution < 1.29 is 12.8 Å². The molecule has 1 aliphatic carbocycles. The molecule has 0 amide bonds. The van der Waals surface area contributed by atoms with E-state index in [-0.39, 0.29) is 17.0 Å². The van der Waals surface area contributed by atoms with Gasteiger partial charge in [0.15, 0.2) is 0 Å². The molecule has 0 radical (unpaired) electrons. The van der Waals surface area contributed by atoms with Gasteiger partial charge in [0, 0.05) is 19.1 Å². The Balaban J connectivity index is 2.23. The number of hydrogen-bond acceptors (Lipinski definition) is 3. The lowest BCUT2D eigenvalue weighted by atomic mass is 9.92. The fourth-order valence-electron chi connectivity index (χ4n) is 2.47. The number of hydrogen-bond donors (Lipinski definition) is 1. The first-order valence-electron chi connectivity index (χ1n) is 6.41. The van der Waals surface area contributed by atoms with E-state index in [1.165, 1.54) is 29.6 Å². The fraction of sp³-hybridized carbons (Fsp3) is 0.538. The quantitative estimate of drug-likeness (QED) is 0.920. The molecular weight excluding hydrogens is 267 g/mol. The molecule has 2 rings (SSSR count). The van der Waals surface area contributed by atoms with Gasteiger partial charge in [0.05, 0.1) is 0 Å². The number of rotatable bonds is 3. The summed E-state index contributed by atoms with van der Waals surface area (Å²) in [5, 5.41) is 0. The molecule has 0 heterocycles. The Morgan fingerprint density at radius 1 is 1.21 bits per heavy atom. The molecule has 0 bridgehead atoms. The SMILES string of the molecule is CN(C1CCC(N)CC1)S(=O)(=O)c1ccccc1F. The maximum Gasteiger partial charge on any atom is 0.245 e. The number of nitrogens with two attached hydrogens (primary N) is 1. The van der Waals surface area contributed by atoms with E-state index < -0.39 is 15.8 Å². The molecule has 6 heteroatoms. The highest BCUT2D eigenvalue weighted by atomic mass is 32.2. The minimum Gasteiger partial charge on any atom is -0.328 e. The maximum atomic E-state index is 13.6. The van der Waals surface area contributed by atoms with E-state index in [0.717, 1.165) is 31.7 Å². The van der Waals surface area contributed by atoms with Crippen LogP contribution in [0, 0.1) is 5.82 Å². The van der Waals surface area contributed by atoms with Crippen LogP contribution in [0.3, 0.4) is 0 Å². The molecule has 2 N–H and O–H groups in total. The highest BCUT2D eigenvalue weighted by Crippen LogP contribution is 2.27. The summed E-state index contributed by atoms with van der Waals surface area (Å²) in [6.45, 7) is 0. The standard InChI is InChI=1S/C13H19FN2O2S/c1-16(11-8-6-10(15)7-9-11)19(17,18)13-5-3-2-4-12(13)14/h2-5,10-11H,6-9,15H2,1H3. The first-order valence-corrected chi connectivity index (χ1v) is 7.85. The first-order chi connectivity index (χ1) is 8.93. The zero-order valence-electron chi connectivity index (χ0n) is 10.9. The second-order valence-electron chi connectivity index (χ2n) is 5.02. The van der Waals surface area contributed by atoms with Gasteiger partial charge in [-0.1, -0.05) is 12.1 Å².